The predicted octanol–water partition coefficient (Wildman–Crippen LogP) is 3.41. The smallest absolute Gasteiger partial charge is 0.102 e. The third kappa shape index (κ3) is 1.21. The monoisotopic (exact) mass is 262 g/mol. The molecule has 0 unspecified atom stereocenters. The number of benzene rings is 1. The number of hydrogen-bond acceptors (Lipinski definition) is 3. The predicted molar refractivity (Wildman–Crippen MR) is 59.0 cm³/mol. The first-order chi connectivity index (χ1) is 6.77. The normalized spacial score (nSPS) is 9.64. The third-order valence-corrected chi connectivity index (χ3v) is 3.81. The fourth-order valence-corrected chi connectivity index (χ4v) is 3.01. The van der Waals surface area contributed by atoms with Gasteiger partial charge in [-0.25, -0.2) is 0 Å². The molecule has 2 aromatic rings. The van der Waals surface area contributed by atoms with Crippen molar-refractivity contribution in [1.82, 2.24) is 0 Å². The second-order valence-electron chi connectivity index (χ2n) is 2.66. The molecule has 0 aliphatic rings. The maximum atomic E-state index is 8.91. The van der Waals surface area contributed by atoms with Crippen LogP contribution in [0, 0.1) is 22.7 Å². The minimum Gasteiger partial charge on any atom is -0.192 e. The molecule has 0 radical (unpaired) electrons. The van der Waals surface area contributed by atoms with Gasteiger partial charge in [-0.3, -0.25) is 0 Å². The summed E-state index contributed by atoms with van der Waals surface area (Å²) in [5, 5.41) is 18.6. The molecule has 0 spiro atoms. The van der Waals surface area contributed by atoms with E-state index in [1.807, 2.05) is 6.07 Å². The molecule has 4 heteroatoms. The van der Waals surface area contributed by atoms with Gasteiger partial charge >= 0.3 is 0 Å². The van der Waals surface area contributed by atoms with E-state index in [9.17, 15) is 0 Å². The van der Waals surface area contributed by atoms with E-state index >= 15 is 0 Å². The number of halogens is 1. The zero-order valence-corrected chi connectivity index (χ0v) is 9.32. The topological polar surface area (TPSA) is 47.6 Å². The first kappa shape index (κ1) is 9.21. The van der Waals surface area contributed by atoms with Gasteiger partial charge in [0.25, 0.3) is 0 Å². The van der Waals surface area contributed by atoms with Crippen LogP contribution in [-0.4, -0.2) is 0 Å². The number of thiophene rings is 1. The Morgan fingerprint density at radius 3 is 2.64 bits per heavy atom. The first-order valence-corrected chi connectivity index (χ1v) is 5.40. The Bertz CT molecular complexity index is 586. The van der Waals surface area contributed by atoms with Crippen LogP contribution in [0.1, 0.15) is 11.1 Å². The van der Waals surface area contributed by atoms with Crippen LogP contribution in [0.3, 0.4) is 0 Å². The Labute approximate surface area is 93.1 Å². The van der Waals surface area contributed by atoms with E-state index in [4.69, 9.17) is 10.5 Å². The lowest BCUT2D eigenvalue weighted by Crippen LogP contribution is -1.74. The summed E-state index contributed by atoms with van der Waals surface area (Å²) in [6.45, 7) is 0. The average molecular weight is 263 g/mol. The van der Waals surface area contributed by atoms with E-state index in [-0.39, 0.29) is 0 Å². The van der Waals surface area contributed by atoms with Crippen molar-refractivity contribution in [3.63, 3.8) is 0 Å². The summed E-state index contributed by atoms with van der Waals surface area (Å²) in [7, 11) is 0. The molecule has 2 nitrogen and oxygen atoms in total. The van der Waals surface area contributed by atoms with Crippen molar-refractivity contribution in [2.45, 2.75) is 0 Å². The van der Waals surface area contributed by atoms with Crippen LogP contribution in [0.2, 0.25) is 0 Å². The van der Waals surface area contributed by atoms with E-state index in [0.717, 1.165) is 13.9 Å². The molecule has 0 N–H and O–H groups in total. The molecule has 0 fully saturated rings. The van der Waals surface area contributed by atoms with Gasteiger partial charge in [0, 0.05) is 5.39 Å². The Morgan fingerprint density at radius 2 is 2.00 bits per heavy atom. The summed E-state index contributed by atoms with van der Waals surface area (Å²) >= 11 is 4.75. The van der Waals surface area contributed by atoms with Crippen molar-refractivity contribution in [3.8, 4) is 12.1 Å². The molecule has 0 aliphatic heterocycles. The highest BCUT2D eigenvalue weighted by molar-refractivity contribution is 9.11. The molecule has 0 saturated heterocycles. The fourth-order valence-electron chi connectivity index (χ4n) is 1.28. The number of hydrogen-bond donors (Lipinski definition) is 0. The highest BCUT2D eigenvalue weighted by atomic mass is 79.9. The zero-order valence-electron chi connectivity index (χ0n) is 6.91. The van der Waals surface area contributed by atoms with Gasteiger partial charge in [-0.05, 0) is 22.0 Å². The largest absolute Gasteiger partial charge is 0.192 e. The summed E-state index contributed by atoms with van der Waals surface area (Å²) in [6.07, 6.45) is 0. The van der Waals surface area contributed by atoms with E-state index in [1.54, 1.807) is 12.1 Å². The SMILES string of the molecule is N#Cc1c(Br)sc2c(C#N)cccc12. The summed E-state index contributed by atoms with van der Waals surface area (Å²) in [5.74, 6) is 0. The van der Waals surface area contributed by atoms with Crippen molar-refractivity contribution in [2.75, 3.05) is 0 Å². The minimum absolute atomic E-state index is 0.613. The van der Waals surface area contributed by atoms with Gasteiger partial charge in [0.2, 0.25) is 0 Å². The molecule has 1 aromatic heterocycles. The van der Waals surface area contributed by atoms with Crippen molar-refractivity contribution in [2.24, 2.45) is 0 Å². The Morgan fingerprint density at radius 1 is 1.21 bits per heavy atom. The van der Waals surface area contributed by atoms with Gasteiger partial charge in [-0.2, -0.15) is 10.5 Å². The van der Waals surface area contributed by atoms with Crippen molar-refractivity contribution < 1.29 is 0 Å². The van der Waals surface area contributed by atoms with Gasteiger partial charge in [-0.15, -0.1) is 11.3 Å². The van der Waals surface area contributed by atoms with E-state index in [0.29, 0.717) is 11.1 Å². The summed E-state index contributed by atoms with van der Waals surface area (Å²) in [6, 6.07) is 9.64. The minimum atomic E-state index is 0.613. The molecule has 0 bridgehead atoms. The van der Waals surface area contributed by atoms with Crippen molar-refractivity contribution in [1.29, 1.82) is 10.5 Å². The quantitative estimate of drug-likeness (QED) is 0.731. The number of nitriles is 2. The van der Waals surface area contributed by atoms with E-state index in [1.165, 1.54) is 11.3 Å². The van der Waals surface area contributed by atoms with Gasteiger partial charge in [0.15, 0.2) is 0 Å². The van der Waals surface area contributed by atoms with Crippen LogP contribution in [0.15, 0.2) is 22.0 Å². The fraction of sp³-hybridized carbons (Fsp3) is 0. The summed E-state index contributed by atoms with van der Waals surface area (Å²) in [5.41, 5.74) is 1.23. The molecule has 0 amide bonds. The van der Waals surface area contributed by atoms with Crippen LogP contribution in [-0.2, 0) is 0 Å². The van der Waals surface area contributed by atoms with Crippen molar-refractivity contribution in [3.05, 3.63) is 33.1 Å². The lowest BCUT2D eigenvalue weighted by atomic mass is 10.1. The van der Waals surface area contributed by atoms with E-state index < -0.39 is 0 Å². The van der Waals surface area contributed by atoms with Crippen LogP contribution >= 0.6 is 27.3 Å². The highest BCUT2D eigenvalue weighted by Crippen LogP contribution is 2.36. The summed E-state index contributed by atoms with van der Waals surface area (Å²) < 4.78 is 1.66. The lowest BCUT2D eigenvalue weighted by molar-refractivity contribution is 1.50. The maximum absolute atomic E-state index is 8.91. The molecule has 1 heterocycles. The standard InChI is InChI=1S/C10H3BrN2S/c11-10-8(5-13)7-3-1-2-6(4-12)9(7)14-10/h1-3H. The number of nitrogens with zero attached hydrogens (tertiary/aromatic N) is 2. The zero-order chi connectivity index (χ0) is 10.1. The third-order valence-electron chi connectivity index (χ3n) is 1.90. The molecule has 14 heavy (non-hydrogen) atoms. The van der Waals surface area contributed by atoms with Crippen molar-refractivity contribution >= 4 is 37.4 Å². The van der Waals surface area contributed by atoms with Gasteiger partial charge in [-0.1, -0.05) is 12.1 Å². The van der Waals surface area contributed by atoms with Crippen LogP contribution in [0.5, 0.6) is 0 Å². The molecule has 0 atom stereocenters. The van der Waals surface area contributed by atoms with Gasteiger partial charge in [0.05, 0.1) is 19.6 Å². The van der Waals surface area contributed by atoms with Gasteiger partial charge in [0.1, 0.15) is 12.1 Å². The maximum Gasteiger partial charge on any atom is 0.102 e. The van der Waals surface area contributed by atoms with Crippen LogP contribution in [0.25, 0.3) is 10.1 Å². The second-order valence-corrected chi connectivity index (χ2v) is 5.00. The number of fused-ring (bicyclic) bond motifs is 1. The number of rotatable bonds is 0. The lowest BCUT2D eigenvalue weighted by Gasteiger charge is -1.90. The Hall–Kier alpha value is -1.36. The summed E-state index contributed by atoms with van der Waals surface area (Å²) in [4.78, 5) is 0. The molecule has 66 valence electrons. The molecule has 0 saturated carbocycles. The van der Waals surface area contributed by atoms with Crippen LogP contribution < -0.4 is 0 Å². The molecule has 0 aliphatic carbocycles. The Kier molecular flexibility index (Phi) is 2.25. The first-order valence-electron chi connectivity index (χ1n) is 3.79. The van der Waals surface area contributed by atoms with Gasteiger partial charge < -0.3 is 0 Å². The molecular formula is C10H3BrN2S. The average Bonchev–Trinajstić information content (AvgIpc) is 2.52. The second kappa shape index (κ2) is 3.42. The molecule has 2 rings (SSSR count). The van der Waals surface area contributed by atoms with E-state index in [2.05, 4.69) is 28.1 Å². The van der Waals surface area contributed by atoms with Crippen LogP contribution in [0.4, 0.5) is 0 Å². The molecular weight excluding hydrogens is 260 g/mol. The highest BCUT2D eigenvalue weighted by Gasteiger charge is 2.11. The molecule has 1 aromatic carbocycles. The Balaban J connectivity index is 2.96.